The number of benzene rings is 3. The van der Waals surface area contributed by atoms with Crippen molar-refractivity contribution in [2.24, 2.45) is 5.10 Å². The van der Waals surface area contributed by atoms with E-state index in [1.54, 1.807) is 25.5 Å². The number of rotatable bonds is 8. The quantitative estimate of drug-likeness (QED) is 0.437. The van der Waals surface area contributed by atoms with E-state index >= 15 is 0 Å². The molecule has 0 fully saturated rings. The van der Waals surface area contributed by atoms with Crippen LogP contribution in [0.4, 0.5) is 0 Å². The minimum Gasteiger partial charge on any atom is -0.497 e. The number of carbonyl (C=O) groups excluding carboxylic acids is 1. The van der Waals surface area contributed by atoms with Crippen LogP contribution in [0.1, 0.15) is 16.7 Å². The van der Waals surface area contributed by atoms with Gasteiger partial charge in [0.2, 0.25) is 5.91 Å². The SMILES string of the molecule is COc1cccc(COc2ccccc2/C=N/NC(=O)Cc2ccc(Cl)cc2)c1. The zero-order valence-corrected chi connectivity index (χ0v) is 16.7. The second-order valence-electron chi connectivity index (χ2n) is 6.27. The van der Waals surface area contributed by atoms with Gasteiger partial charge in [-0.05, 0) is 47.5 Å². The Balaban J connectivity index is 1.57. The highest BCUT2D eigenvalue weighted by atomic mass is 35.5. The predicted molar refractivity (Wildman–Crippen MR) is 115 cm³/mol. The maximum Gasteiger partial charge on any atom is 0.244 e. The van der Waals surface area contributed by atoms with Crippen LogP contribution in [0.25, 0.3) is 0 Å². The molecule has 0 radical (unpaired) electrons. The van der Waals surface area contributed by atoms with Crippen molar-refractivity contribution in [2.75, 3.05) is 7.11 Å². The van der Waals surface area contributed by atoms with Gasteiger partial charge in [0, 0.05) is 10.6 Å². The molecule has 0 saturated carbocycles. The van der Waals surface area contributed by atoms with Gasteiger partial charge in [-0.2, -0.15) is 5.10 Å². The number of hydrogen-bond acceptors (Lipinski definition) is 4. The molecule has 3 aromatic rings. The van der Waals surface area contributed by atoms with Gasteiger partial charge in [0.1, 0.15) is 18.1 Å². The van der Waals surface area contributed by atoms with E-state index in [9.17, 15) is 4.79 Å². The first-order valence-corrected chi connectivity index (χ1v) is 9.43. The smallest absolute Gasteiger partial charge is 0.244 e. The lowest BCUT2D eigenvalue weighted by Crippen LogP contribution is -2.19. The molecule has 0 atom stereocenters. The van der Waals surface area contributed by atoms with Gasteiger partial charge in [-0.1, -0.05) is 48.0 Å². The number of hydrazone groups is 1. The molecule has 0 aliphatic rings. The van der Waals surface area contributed by atoms with Crippen LogP contribution in [0.2, 0.25) is 5.02 Å². The summed E-state index contributed by atoms with van der Waals surface area (Å²) >= 11 is 5.85. The number of halogens is 1. The summed E-state index contributed by atoms with van der Waals surface area (Å²) in [6.07, 6.45) is 1.79. The summed E-state index contributed by atoms with van der Waals surface area (Å²) in [4.78, 5) is 12.0. The summed E-state index contributed by atoms with van der Waals surface area (Å²) in [5.74, 6) is 1.24. The molecule has 0 saturated heterocycles. The van der Waals surface area contributed by atoms with E-state index in [0.717, 1.165) is 22.4 Å². The van der Waals surface area contributed by atoms with Gasteiger partial charge < -0.3 is 9.47 Å². The predicted octanol–water partition coefficient (Wildman–Crippen LogP) is 4.62. The molecule has 29 heavy (non-hydrogen) atoms. The largest absolute Gasteiger partial charge is 0.497 e. The first kappa shape index (κ1) is 20.4. The Bertz CT molecular complexity index is 987. The fourth-order valence-corrected chi connectivity index (χ4v) is 2.77. The van der Waals surface area contributed by atoms with E-state index in [4.69, 9.17) is 21.1 Å². The van der Waals surface area contributed by atoms with Crippen LogP contribution >= 0.6 is 11.6 Å². The molecule has 0 bridgehead atoms. The van der Waals surface area contributed by atoms with Gasteiger partial charge in [-0.3, -0.25) is 4.79 Å². The Kier molecular flexibility index (Phi) is 7.25. The van der Waals surface area contributed by atoms with E-state index in [1.807, 2.05) is 60.7 Å². The summed E-state index contributed by atoms with van der Waals surface area (Å²) in [6, 6.07) is 22.3. The average molecular weight is 409 g/mol. The van der Waals surface area contributed by atoms with Crippen LogP contribution in [-0.2, 0) is 17.8 Å². The number of ether oxygens (including phenoxy) is 2. The highest BCUT2D eigenvalue weighted by molar-refractivity contribution is 6.30. The number of carbonyl (C=O) groups is 1. The van der Waals surface area contributed by atoms with Crippen molar-refractivity contribution in [1.82, 2.24) is 5.43 Å². The summed E-state index contributed by atoms with van der Waals surface area (Å²) in [6.45, 7) is 0.394. The minimum atomic E-state index is -0.210. The standard InChI is InChI=1S/C23H21ClN2O3/c1-28-21-7-4-5-18(13-21)16-29-22-8-3-2-6-19(22)15-25-26-23(27)14-17-9-11-20(24)12-10-17/h2-13,15H,14,16H2,1H3,(H,26,27)/b25-15+. The molecule has 1 N–H and O–H groups in total. The number of amides is 1. The van der Waals surface area contributed by atoms with Gasteiger partial charge in [-0.15, -0.1) is 0 Å². The first-order chi connectivity index (χ1) is 14.1. The van der Waals surface area contributed by atoms with Crippen LogP contribution in [0.15, 0.2) is 77.9 Å². The average Bonchev–Trinajstić information content (AvgIpc) is 2.75. The molecule has 0 aromatic heterocycles. The summed E-state index contributed by atoms with van der Waals surface area (Å²) in [5, 5.41) is 4.68. The van der Waals surface area contributed by atoms with E-state index in [-0.39, 0.29) is 12.3 Å². The van der Waals surface area contributed by atoms with Crippen molar-refractivity contribution >= 4 is 23.7 Å². The molecule has 1 amide bonds. The summed E-state index contributed by atoms with van der Waals surface area (Å²) < 4.78 is 11.1. The van der Waals surface area contributed by atoms with Crippen LogP contribution in [-0.4, -0.2) is 19.2 Å². The van der Waals surface area contributed by atoms with Crippen LogP contribution in [0, 0.1) is 0 Å². The van der Waals surface area contributed by atoms with Gasteiger partial charge in [0.25, 0.3) is 0 Å². The van der Waals surface area contributed by atoms with Crippen molar-refractivity contribution < 1.29 is 14.3 Å². The molecule has 0 aliphatic carbocycles. The third-order valence-electron chi connectivity index (χ3n) is 4.12. The number of nitrogens with one attached hydrogen (secondary N) is 1. The maximum atomic E-state index is 12.0. The third kappa shape index (κ3) is 6.36. The van der Waals surface area contributed by atoms with Gasteiger partial charge in [0.05, 0.1) is 19.7 Å². The molecule has 5 nitrogen and oxygen atoms in total. The Morgan fingerprint density at radius 2 is 1.83 bits per heavy atom. The lowest BCUT2D eigenvalue weighted by Gasteiger charge is -2.10. The Labute approximate surface area is 174 Å². The zero-order chi connectivity index (χ0) is 20.5. The molecule has 0 spiro atoms. The Morgan fingerprint density at radius 1 is 1.03 bits per heavy atom. The molecule has 148 valence electrons. The highest BCUT2D eigenvalue weighted by Crippen LogP contribution is 2.19. The Hall–Kier alpha value is -3.31. The molecular formula is C23H21ClN2O3. The van der Waals surface area contributed by atoms with Crippen molar-refractivity contribution in [3.8, 4) is 11.5 Å². The Morgan fingerprint density at radius 3 is 2.62 bits per heavy atom. The van der Waals surface area contributed by atoms with E-state index in [2.05, 4.69) is 10.5 Å². The second kappa shape index (κ2) is 10.3. The number of hydrogen-bond donors (Lipinski definition) is 1. The third-order valence-corrected chi connectivity index (χ3v) is 4.37. The van der Waals surface area contributed by atoms with E-state index in [0.29, 0.717) is 17.4 Å². The molecule has 3 rings (SSSR count). The molecule has 3 aromatic carbocycles. The summed E-state index contributed by atoms with van der Waals surface area (Å²) in [5.41, 5.74) is 5.16. The molecule has 0 heterocycles. The van der Waals surface area contributed by atoms with Gasteiger partial charge in [0.15, 0.2) is 0 Å². The molecule has 0 aliphatic heterocycles. The van der Waals surface area contributed by atoms with Crippen molar-refractivity contribution in [1.29, 1.82) is 0 Å². The highest BCUT2D eigenvalue weighted by Gasteiger charge is 2.04. The van der Waals surface area contributed by atoms with Crippen molar-refractivity contribution in [2.45, 2.75) is 13.0 Å². The van der Waals surface area contributed by atoms with Crippen LogP contribution < -0.4 is 14.9 Å². The molecule has 6 heteroatoms. The van der Waals surface area contributed by atoms with Crippen LogP contribution in [0.5, 0.6) is 11.5 Å². The number of nitrogens with zero attached hydrogens (tertiary/aromatic N) is 1. The second-order valence-corrected chi connectivity index (χ2v) is 6.71. The lowest BCUT2D eigenvalue weighted by molar-refractivity contribution is -0.120. The van der Waals surface area contributed by atoms with E-state index in [1.165, 1.54) is 0 Å². The van der Waals surface area contributed by atoms with Gasteiger partial charge in [-0.25, -0.2) is 5.43 Å². The monoisotopic (exact) mass is 408 g/mol. The van der Waals surface area contributed by atoms with Gasteiger partial charge >= 0.3 is 0 Å². The molecule has 0 unspecified atom stereocenters. The first-order valence-electron chi connectivity index (χ1n) is 9.05. The molecular weight excluding hydrogens is 388 g/mol. The number of para-hydroxylation sites is 1. The van der Waals surface area contributed by atoms with Crippen LogP contribution in [0.3, 0.4) is 0 Å². The van der Waals surface area contributed by atoms with E-state index < -0.39 is 0 Å². The number of methoxy groups -OCH3 is 1. The normalized spacial score (nSPS) is 10.7. The minimum absolute atomic E-state index is 0.210. The van der Waals surface area contributed by atoms with Crippen molar-refractivity contribution in [3.05, 3.63) is 94.5 Å². The summed E-state index contributed by atoms with van der Waals surface area (Å²) in [7, 11) is 1.63. The lowest BCUT2D eigenvalue weighted by atomic mass is 10.1. The fraction of sp³-hybridized carbons (Fsp3) is 0.130. The topological polar surface area (TPSA) is 59.9 Å². The fourth-order valence-electron chi connectivity index (χ4n) is 2.64. The maximum absolute atomic E-state index is 12.0. The zero-order valence-electron chi connectivity index (χ0n) is 16.0. The van der Waals surface area contributed by atoms with Crippen molar-refractivity contribution in [3.63, 3.8) is 0 Å².